The average molecular weight is 453 g/mol. The fourth-order valence-corrected chi connectivity index (χ4v) is 4.74. The third-order valence-corrected chi connectivity index (χ3v) is 6.61. The van der Waals surface area contributed by atoms with Gasteiger partial charge in [0.15, 0.2) is 0 Å². The Balaban J connectivity index is 1.72. The number of sulfonamides is 1. The Morgan fingerprint density at radius 3 is 2.12 bits per heavy atom. The van der Waals surface area contributed by atoms with Crippen LogP contribution in [0.4, 0.5) is 5.69 Å². The van der Waals surface area contributed by atoms with E-state index in [0.717, 1.165) is 21.0 Å². The Kier molecular flexibility index (Phi) is 7.53. The predicted molar refractivity (Wildman–Crippen MR) is 127 cm³/mol. The lowest BCUT2D eigenvalue weighted by Crippen LogP contribution is -2.42. The van der Waals surface area contributed by atoms with Crippen molar-refractivity contribution in [2.24, 2.45) is 0 Å². The molecule has 168 valence electrons. The SMILES string of the molecule is Cc1ccc(OCCNC(=O)CN(c2cc(C)cc(C)c2)S(=O)(=O)c2ccccc2)cc1. The second-order valence-electron chi connectivity index (χ2n) is 7.68. The predicted octanol–water partition coefficient (Wildman–Crippen LogP) is 4.00. The summed E-state index contributed by atoms with van der Waals surface area (Å²) in [7, 11) is -3.92. The summed E-state index contributed by atoms with van der Waals surface area (Å²) in [6.45, 7) is 6.00. The fourth-order valence-electron chi connectivity index (χ4n) is 3.31. The summed E-state index contributed by atoms with van der Waals surface area (Å²) in [5.74, 6) is 0.310. The van der Waals surface area contributed by atoms with Crippen molar-refractivity contribution in [3.8, 4) is 5.75 Å². The zero-order valence-corrected chi connectivity index (χ0v) is 19.4. The molecule has 0 aliphatic carbocycles. The van der Waals surface area contributed by atoms with Crippen LogP contribution in [0.2, 0.25) is 0 Å². The van der Waals surface area contributed by atoms with Gasteiger partial charge in [-0.05, 0) is 68.3 Å². The van der Waals surface area contributed by atoms with Gasteiger partial charge in [0.2, 0.25) is 5.91 Å². The van der Waals surface area contributed by atoms with E-state index in [1.807, 2.05) is 51.1 Å². The number of hydrogen-bond donors (Lipinski definition) is 1. The van der Waals surface area contributed by atoms with Crippen molar-refractivity contribution in [1.29, 1.82) is 0 Å². The molecule has 0 fully saturated rings. The number of amides is 1. The number of nitrogens with one attached hydrogen (secondary N) is 1. The van der Waals surface area contributed by atoms with Gasteiger partial charge < -0.3 is 10.1 Å². The third kappa shape index (κ3) is 6.11. The highest BCUT2D eigenvalue weighted by atomic mass is 32.2. The highest BCUT2D eigenvalue weighted by Gasteiger charge is 2.27. The molecule has 0 aliphatic heterocycles. The average Bonchev–Trinajstić information content (AvgIpc) is 2.76. The van der Waals surface area contributed by atoms with Crippen molar-refractivity contribution in [1.82, 2.24) is 5.32 Å². The van der Waals surface area contributed by atoms with Crippen molar-refractivity contribution in [2.75, 3.05) is 24.0 Å². The molecule has 6 nitrogen and oxygen atoms in total. The second-order valence-corrected chi connectivity index (χ2v) is 9.54. The number of benzene rings is 3. The molecule has 3 aromatic carbocycles. The molecule has 1 amide bonds. The molecule has 0 aliphatic rings. The lowest BCUT2D eigenvalue weighted by atomic mass is 10.1. The molecule has 3 aromatic rings. The standard InChI is InChI=1S/C25H28N2O4S/c1-19-9-11-23(12-10-19)31-14-13-26-25(28)18-27(22-16-20(2)15-21(3)17-22)32(29,30)24-7-5-4-6-8-24/h4-12,15-17H,13-14,18H2,1-3H3,(H,26,28). The maximum absolute atomic E-state index is 13.4. The van der Waals surface area contributed by atoms with Crippen LogP contribution in [0.15, 0.2) is 77.7 Å². The maximum atomic E-state index is 13.4. The molecule has 7 heteroatoms. The van der Waals surface area contributed by atoms with E-state index in [1.165, 1.54) is 12.1 Å². The van der Waals surface area contributed by atoms with Gasteiger partial charge in [0.25, 0.3) is 10.0 Å². The summed E-state index contributed by atoms with van der Waals surface area (Å²) in [6.07, 6.45) is 0. The number of anilines is 1. The normalized spacial score (nSPS) is 11.1. The molecule has 0 heterocycles. The van der Waals surface area contributed by atoms with Gasteiger partial charge in [-0.2, -0.15) is 0 Å². The van der Waals surface area contributed by atoms with Crippen LogP contribution in [-0.2, 0) is 14.8 Å². The lowest BCUT2D eigenvalue weighted by Gasteiger charge is -2.25. The van der Waals surface area contributed by atoms with Crippen LogP contribution in [0, 0.1) is 20.8 Å². The first-order valence-electron chi connectivity index (χ1n) is 10.4. The zero-order chi connectivity index (χ0) is 23.1. The van der Waals surface area contributed by atoms with Crippen molar-refractivity contribution in [2.45, 2.75) is 25.7 Å². The minimum Gasteiger partial charge on any atom is -0.492 e. The van der Waals surface area contributed by atoms with Gasteiger partial charge in [-0.1, -0.05) is 42.0 Å². The Morgan fingerprint density at radius 2 is 1.50 bits per heavy atom. The van der Waals surface area contributed by atoms with Crippen LogP contribution in [0.3, 0.4) is 0 Å². The van der Waals surface area contributed by atoms with Gasteiger partial charge in [-0.25, -0.2) is 8.42 Å². The van der Waals surface area contributed by atoms with Crippen LogP contribution in [-0.4, -0.2) is 34.0 Å². The van der Waals surface area contributed by atoms with E-state index in [0.29, 0.717) is 11.4 Å². The van der Waals surface area contributed by atoms with Crippen LogP contribution in [0.5, 0.6) is 5.75 Å². The molecule has 3 rings (SSSR count). The number of nitrogens with zero attached hydrogens (tertiary/aromatic N) is 1. The van der Waals surface area contributed by atoms with Crippen LogP contribution in [0.25, 0.3) is 0 Å². The minimum atomic E-state index is -3.92. The molecule has 0 radical (unpaired) electrons. The summed E-state index contributed by atoms with van der Waals surface area (Å²) in [6, 6.07) is 21.2. The summed E-state index contributed by atoms with van der Waals surface area (Å²) in [4.78, 5) is 12.8. The molecule has 0 unspecified atom stereocenters. The van der Waals surface area contributed by atoms with Gasteiger partial charge in [-0.15, -0.1) is 0 Å². The molecular weight excluding hydrogens is 424 g/mol. The number of aryl methyl sites for hydroxylation is 3. The molecule has 1 N–H and O–H groups in total. The first-order valence-corrected chi connectivity index (χ1v) is 11.8. The van der Waals surface area contributed by atoms with Crippen LogP contribution < -0.4 is 14.4 Å². The first-order chi connectivity index (χ1) is 15.3. The van der Waals surface area contributed by atoms with Gasteiger partial charge in [-0.3, -0.25) is 9.10 Å². The number of carbonyl (C=O) groups is 1. The molecular formula is C25H28N2O4S. The molecule has 0 aromatic heterocycles. The summed E-state index contributed by atoms with van der Waals surface area (Å²) in [5.41, 5.74) is 3.43. The summed E-state index contributed by atoms with van der Waals surface area (Å²) >= 11 is 0. The van der Waals surface area contributed by atoms with Gasteiger partial charge in [0.1, 0.15) is 18.9 Å². The summed E-state index contributed by atoms with van der Waals surface area (Å²) in [5, 5.41) is 2.75. The van der Waals surface area contributed by atoms with Gasteiger partial charge in [0, 0.05) is 0 Å². The van der Waals surface area contributed by atoms with Crippen LogP contribution in [0.1, 0.15) is 16.7 Å². The van der Waals surface area contributed by atoms with Crippen LogP contribution >= 0.6 is 0 Å². The van der Waals surface area contributed by atoms with Crippen molar-refractivity contribution in [3.63, 3.8) is 0 Å². The van der Waals surface area contributed by atoms with Gasteiger partial charge >= 0.3 is 0 Å². The smallest absolute Gasteiger partial charge is 0.264 e. The van der Waals surface area contributed by atoms with Crippen molar-refractivity contribution >= 4 is 21.6 Å². The maximum Gasteiger partial charge on any atom is 0.264 e. The number of ether oxygens (including phenoxy) is 1. The highest BCUT2D eigenvalue weighted by Crippen LogP contribution is 2.25. The largest absolute Gasteiger partial charge is 0.492 e. The molecule has 32 heavy (non-hydrogen) atoms. The quantitative estimate of drug-likeness (QED) is 0.498. The minimum absolute atomic E-state index is 0.134. The Labute approximate surface area is 189 Å². The first kappa shape index (κ1) is 23.3. The molecule has 0 bridgehead atoms. The van der Waals surface area contributed by atoms with E-state index >= 15 is 0 Å². The zero-order valence-electron chi connectivity index (χ0n) is 18.5. The topological polar surface area (TPSA) is 75.7 Å². The second kappa shape index (κ2) is 10.3. The Bertz CT molecular complexity index is 1140. The Morgan fingerprint density at radius 1 is 0.875 bits per heavy atom. The lowest BCUT2D eigenvalue weighted by molar-refractivity contribution is -0.119. The fraction of sp³-hybridized carbons (Fsp3) is 0.240. The highest BCUT2D eigenvalue weighted by molar-refractivity contribution is 7.92. The number of rotatable bonds is 9. The number of carbonyl (C=O) groups excluding carboxylic acids is 1. The van der Waals surface area contributed by atoms with E-state index < -0.39 is 15.9 Å². The molecule has 0 saturated carbocycles. The van der Waals surface area contributed by atoms with Crippen molar-refractivity contribution in [3.05, 3.63) is 89.5 Å². The Hall–Kier alpha value is -3.32. The molecule has 0 spiro atoms. The van der Waals surface area contributed by atoms with E-state index in [1.54, 1.807) is 30.3 Å². The van der Waals surface area contributed by atoms with E-state index in [2.05, 4.69) is 5.32 Å². The van der Waals surface area contributed by atoms with E-state index in [4.69, 9.17) is 4.74 Å². The number of hydrogen-bond acceptors (Lipinski definition) is 4. The van der Waals surface area contributed by atoms with E-state index in [-0.39, 0.29) is 24.6 Å². The molecule has 0 saturated heterocycles. The monoisotopic (exact) mass is 452 g/mol. The summed E-state index contributed by atoms with van der Waals surface area (Å²) < 4.78 is 33.5. The third-order valence-electron chi connectivity index (χ3n) is 4.83. The van der Waals surface area contributed by atoms with Crippen molar-refractivity contribution < 1.29 is 17.9 Å². The van der Waals surface area contributed by atoms with Gasteiger partial charge in [0.05, 0.1) is 17.1 Å². The molecule has 0 atom stereocenters. The van der Waals surface area contributed by atoms with E-state index in [9.17, 15) is 13.2 Å².